The average molecular weight is 397 g/mol. The molecule has 7 heteroatoms. The maximum Gasteiger partial charge on any atom is 0.318 e. The van der Waals surface area contributed by atoms with E-state index in [1.54, 1.807) is 6.08 Å². The topological polar surface area (TPSA) is 54.5 Å². The molecular formula is C21H26F3NO3. The van der Waals surface area contributed by atoms with Crippen molar-refractivity contribution < 1.29 is 27.6 Å². The van der Waals surface area contributed by atoms with Gasteiger partial charge in [0.25, 0.3) is 0 Å². The molecule has 4 rings (SSSR count). The highest BCUT2D eigenvalue weighted by atomic mass is 19.3. The molecule has 4 aliphatic rings. The van der Waals surface area contributed by atoms with E-state index in [2.05, 4.69) is 0 Å². The summed E-state index contributed by atoms with van der Waals surface area (Å²) >= 11 is 0. The molecule has 3 saturated carbocycles. The van der Waals surface area contributed by atoms with Gasteiger partial charge in [-0.1, -0.05) is 17.0 Å². The lowest BCUT2D eigenvalue weighted by atomic mass is 9.47. The maximum absolute atomic E-state index is 14.5. The van der Waals surface area contributed by atoms with Crippen LogP contribution in [0.25, 0.3) is 0 Å². The lowest BCUT2D eigenvalue weighted by Gasteiger charge is -2.58. The lowest BCUT2D eigenvalue weighted by Crippen LogP contribution is -2.55. The van der Waals surface area contributed by atoms with E-state index in [1.807, 2.05) is 6.92 Å². The molecule has 0 unspecified atom stereocenters. The van der Waals surface area contributed by atoms with Crippen LogP contribution in [0.5, 0.6) is 0 Å². The molecule has 0 N–H and O–H groups in total. The number of carbonyl (C=O) groups excluding carboxylic acids is 3. The van der Waals surface area contributed by atoms with Gasteiger partial charge in [-0.05, 0) is 62.4 Å². The Bertz CT molecular complexity index is 751. The van der Waals surface area contributed by atoms with E-state index < -0.39 is 24.3 Å². The Balaban J connectivity index is 1.70. The fourth-order valence-electron chi connectivity index (χ4n) is 6.86. The quantitative estimate of drug-likeness (QED) is 0.676. The van der Waals surface area contributed by atoms with Crippen LogP contribution in [0.2, 0.25) is 0 Å². The molecule has 3 fully saturated rings. The van der Waals surface area contributed by atoms with Gasteiger partial charge < -0.3 is 0 Å². The van der Waals surface area contributed by atoms with Crippen LogP contribution in [0.3, 0.4) is 0 Å². The van der Waals surface area contributed by atoms with Crippen molar-refractivity contribution >= 4 is 17.5 Å². The molecule has 0 aromatic carbocycles. The number of amides is 1. The maximum atomic E-state index is 14.5. The van der Waals surface area contributed by atoms with Crippen LogP contribution < -0.4 is 0 Å². The van der Waals surface area contributed by atoms with Crippen molar-refractivity contribution in [2.24, 2.45) is 28.6 Å². The van der Waals surface area contributed by atoms with E-state index in [4.69, 9.17) is 0 Å². The molecule has 0 radical (unpaired) electrons. The zero-order valence-corrected chi connectivity index (χ0v) is 16.1. The number of halogens is 3. The summed E-state index contributed by atoms with van der Waals surface area (Å²) in [7, 11) is 0. The SMILES string of the molecule is C[C@]12CC[C@H]3[C@@H](CCC4=CC(=O)CC[C@@]43CN(F)C(=O)C(F)F)[C@@H]1CCC2=O. The van der Waals surface area contributed by atoms with Crippen LogP contribution in [0.4, 0.5) is 13.3 Å². The molecule has 0 aromatic rings. The molecule has 1 amide bonds. The number of fused-ring (bicyclic) bond motifs is 5. The summed E-state index contributed by atoms with van der Waals surface area (Å²) in [6.45, 7) is 1.61. The minimum absolute atomic E-state index is 0.00768. The third-order valence-corrected chi connectivity index (χ3v) is 8.24. The Morgan fingerprint density at radius 1 is 1.14 bits per heavy atom. The summed E-state index contributed by atoms with van der Waals surface area (Å²) in [6.07, 6.45) is 3.02. The molecular weight excluding hydrogens is 371 g/mol. The van der Waals surface area contributed by atoms with E-state index in [-0.39, 0.29) is 40.5 Å². The van der Waals surface area contributed by atoms with Crippen molar-refractivity contribution in [1.29, 1.82) is 0 Å². The minimum atomic E-state index is -3.39. The van der Waals surface area contributed by atoms with Gasteiger partial charge in [-0.3, -0.25) is 14.4 Å². The van der Waals surface area contributed by atoms with Crippen LogP contribution in [0.15, 0.2) is 11.6 Å². The first-order valence-corrected chi connectivity index (χ1v) is 10.2. The first-order chi connectivity index (χ1) is 13.2. The number of rotatable bonds is 3. The third-order valence-electron chi connectivity index (χ3n) is 8.24. The molecule has 154 valence electrons. The van der Waals surface area contributed by atoms with Gasteiger partial charge in [0.15, 0.2) is 5.78 Å². The highest BCUT2D eigenvalue weighted by molar-refractivity contribution is 5.92. The highest BCUT2D eigenvalue weighted by Crippen LogP contribution is 2.64. The third kappa shape index (κ3) is 2.76. The van der Waals surface area contributed by atoms with Crippen molar-refractivity contribution in [1.82, 2.24) is 5.12 Å². The van der Waals surface area contributed by atoms with Crippen molar-refractivity contribution in [3.63, 3.8) is 0 Å². The second-order valence-electron chi connectivity index (χ2n) is 9.28. The first kappa shape index (κ1) is 19.6. The van der Waals surface area contributed by atoms with Gasteiger partial charge in [0, 0.05) is 23.7 Å². The molecule has 0 heterocycles. The summed E-state index contributed by atoms with van der Waals surface area (Å²) in [5.41, 5.74) is -0.312. The van der Waals surface area contributed by atoms with Crippen LogP contribution in [-0.2, 0) is 14.4 Å². The fourth-order valence-corrected chi connectivity index (χ4v) is 6.86. The molecule has 0 aromatic heterocycles. The zero-order valence-electron chi connectivity index (χ0n) is 16.1. The van der Waals surface area contributed by atoms with Gasteiger partial charge in [-0.25, -0.2) is 0 Å². The highest BCUT2D eigenvalue weighted by Gasteiger charge is 2.60. The molecule has 0 saturated heterocycles. The number of alkyl halides is 2. The number of hydrogen-bond donors (Lipinski definition) is 0. The van der Waals surface area contributed by atoms with E-state index in [1.165, 1.54) is 0 Å². The van der Waals surface area contributed by atoms with Crippen LogP contribution in [0, 0.1) is 28.6 Å². The number of Topliss-reactive ketones (excluding diaryl/α,β-unsaturated/α-hetero) is 1. The number of carbonyl (C=O) groups is 3. The van der Waals surface area contributed by atoms with Crippen molar-refractivity contribution in [2.75, 3.05) is 6.54 Å². The van der Waals surface area contributed by atoms with Gasteiger partial charge in [0.05, 0.1) is 6.54 Å². The Morgan fingerprint density at radius 3 is 2.61 bits per heavy atom. The van der Waals surface area contributed by atoms with Crippen molar-refractivity contribution in [3.8, 4) is 0 Å². The fraction of sp³-hybridized carbons (Fsp3) is 0.762. The molecule has 4 aliphatic carbocycles. The minimum Gasteiger partial charge on any atom is -0.299 e. The Morgan fingerprint density at radius 2 is 1.89 bits per heavy atom. The van der Waals surface area contributed by atoms with Gasteiger partial charge in [-0.15, -0.1) is 0 Å². The van der Waals surface area contributed by atoms with Gasteiger partial charge in [-0.2, -0.15) is 13.9 Å². The predicted octanol–water partition coefficient (Wildman–Crippen LogP) is 4.05. The van der Waals surface area contributed by atoms with Gasteiger partial charge >= 0.3 is 12.3 Å². The summed E-state index contributed by atoms with van der Waals surface area (Å²) < 4.78 is 40.1. The van der Waals surface area contributed by atoms with E-state index >= 15 is 0 Å². The first-order valence-electron chi connectivity index (χ1n) is 10.2. The summed E-state index contributed by atoms with van der Waals surface area (Å²) in [6, 6.07) is 0. The molecule has 4 nitrogen and oxygen atoms in total. The smallest absolute Gasteiger partial charge is 0.299 e. The Labute approximate surface area is 162 Å². The number of nitrogens with zero attached hydrogens (tertiary/aromatic N) is 1. The number of ketones is 2. The Hall–Kier alpha value is -1.66. The van der Waals surface area contributed by atoms with Gasteiger partial charge in [0.1, 0.15) is 5.78 Å². The molecule has 0 aliphatic heterocycles. The summed E-state index contributed by atoms with van der Waals surface area (Å²) in [5.74, 6) is -1.12. The second-order valence-corrected chi connectivity index (χ2v) is 9.28. The van der Waals surface area contributed by atoms with Gasteiger partial charge in [0.2, 0.25) is 0 Å². The monoisotopic (exact) mass is 397 g/mol. The number of hydrogen-bond acceptors (Lipinski definition) is 3. The van der Waals surface area contributed by atoms with Crippen LogP contribution >= 0.6 is 0 Å². The lowest BCUT2D eigenvalue weighted by molar-refractivity contribution is -0.167. The summed E-state index contributed by atoms with van der Waals surface area (Å²) in [5, 5.41) is -0.329. The van der Waals surface area contributed by atoms with Crippen molar-refractivity contribution in [3.05, 3.63) is 11.6 Å². The standard InChI is InChI=1S/C21H26F3NO3/c1-20-8-7-16-14(15(20)4-5-17(20)27)3-2-12-10-13(26)6-9-21(12,16)11-25(24)19(28)18(22)23/h10,14-16,18H,2-9,11H2,1H3/t14-,15-,16-,20-,21+/m0/s1. The largest absolute Gasteiger partial charge is 0.318 e. The van der Waals surface area contributed by atoms with E-state index in [9.17, 15) is 27.6 Å². The van der Waals surface area contributed by atoms with E-state index in [0.29, 0.717) is 37.9 Å². The zero-order chi connectivity index (χ0) is 20.3. The Kier molecular flexibility index (Phi) is 4.70. The average Bonchev–Trinajstić information content (AvgIpc) is 2.96. The molecule has 5 atom stereocenters. The molecule has 28 heavy (non-hydrogen) atoms. The normalized spacial score (nSPS) is 39.9. The van der Waals surface area contributed by atoms with Crippen molar-refractivity contribution in [2.45, 2.75) is 64.7 Å². The summed E-state index contributed by atoms with van der Waals surface area (Å²) in [4.78, 5) is 36.1. The van der Waals surface area contributed by atoms with E-state index in [0.717, 1.165) is 18.4 Å². The van der Waals surface area contributed by atoms with Crippen LogP contribution in [0.1, 0.15) is 58.3 Å². The second kappa shape index (κ2) is 6.70. The molecule has 0 spiro atoms. The molecule has 0 bridgehead atoms. The van der Waals surface area contributed by atoms with Crippen LogP contribution in [-0.4, -0.2) is 35.6 Å². The predicted molar refractivity (Wildman–Crippen MR) is 94.9 cm³/mol.